The van der Waals surface area contributed by atoms with Crippen molar-refractivity contribution in [2.45, 2.75) is 33.3 Å². The third-order valence-electron chi connectivity index (χ3n) is 4.25. The van der Waals surface area contributed by atoms with Gasteiger partial charge in [-0.25, -0.2) is 0 Å². The molecule has 0 fully saturated rings. The first-order valence-corrected chi connectivity index (χ1v) is 7.36. The Balaban J connectivity index is 2.16. The van der Waals surface area contributed by atoms with Crippen LogP contribution in [0.3, 0.4) is 0 Å². The van der Waals surface area contributed by atoms with Gasteiger partial charge in [-0.05, 0) is 53.6 Å². The number of methoxy groups -OCH3 is 1. The van der Waals surface area contributed by atoms with Crippen molar-refractivity contribution in [2.75, 3.05) is 7.11 Å². The predicted octanol–water partition coefficient (Wildman–Crippen LogP) is 4.25. The molecule has 0 saturated carbocycles. The molecule has 0 bridgehead atoms. The molecule has 0 atom stereocenters. The zero-order valence-electron chi connectivity index (χ0n) is 12.8. The number of benzene rings is 2. The minimum Gasteiger partial charge on any atom is -0.380 e. The highest BCUT2D eigenvalue weighted by Gasteiger charge is 2.23. The fourth-order valence-corrected chi connectivity index (χ4v) is 3.45. The number of ether oxygens (including phenoxy) is 1. The maximum absolute atomic E-state index is 11.9. The molecule has 0 radical (unpaired) electrons. The molecule has 2 nitrogen and oxygen atoms in total. The molecule has 0 saturated heterocycles. The second-order valence-corrected chi connectivity index (χ2v) is 5.79. The van der Waals surface area contributed by atoms with Gasteiger partial charge in [-0.3, -0.25) is 4.79 Å². The van der Waals surface area contributed by atoms with E-state index in [0.29, 0.717) is 13.0 Å². The lowest BCUT2D eigenvalue weighted by Crippen LogP contribution is -1.98. The lowest BCUT2D eigenvalue weighted by molar-refractivity contribution is 0.0994. The summed E-state index contributed by atoms with van der Waals surface area (Å²) in [7, 11) is 1.72. The molecular formula is C19H20O2. The van der Waals surface area contributed by atoms with Crippen molar-refractivity contribution in [1.82, 2.24) is 0 Å². The lowest BCUT2D eigenvalue weighted by atomic mass is 9.89. The van der Waals surface area contributed by atoms with E-state index in [9.17, 15) is 4.79 Å². The smallest absolute Gasteiger partial charge is 0.163 e. The average Bonchev–Trinajstić information content (AvgIpc) is 2.81. The third-order valence-corrected chi connectivity index (χ3v) is 4.25. The van der Waals surface area contributed by atoms with Gasteiger partial charge in [-0.2, -0.15) is 0 Å². The number of carbonyl (C=O) groups excluding carboxylic acids is 1. The number of Topliss-reactive ketones (excluding diaryl/α,β-unsaturated/α-hetero) is 1. The van der Waals surface area contributed by atoms with E-state index in [1.165, 1.54) is 33.4 Å². The quantitative estimate of drug-likeness (QED) is 0.840. The van der Waals surface area contributed by atoms with Gasteiger partial charge in [-0.15, -0.1) is 0 Å². The molecule has 3 rings (SSSR count). The minimum absolute atomic E-state index is 0.276. The maximum atomic E-state index is 11.9. The number of fused-ring (bicyclic) bond motifs is 1. The van der Waals surface area contributed by atoms with E-state index in [2.05, 4.69) is 32.0 Å². The predicted molar refractivity (Wildman–Crippen MR) is 84.7 cm³/mol. The summed E-state index contributed by atoms with van der Waals surface area (Å²) in [5, 5.41) is 0. The number of ketones is 1. The number of rotatable bonds is 3. The Morgan fingerprint density at radius 1 is 1.05 bits per heavy atom. The summed E-state index contributed by atoms with van der Waals surface area (Å²) in [6, 6.07) is 10.5. The molecule has 108 valence electrons. The van der Waals surface area contributed by atoms with Gasteiger partial charge in [0.15, 0.2) is 5.78 Å². The first-order valence-electron chi connectivity index (χ1n) is 7.36. The lowest BCUT2D eigenvalue weighted by Gasteiger charge is -2.15. The van der Waals surface area contributed by atoms with E-state index in [-0.39, 0.29) is 5.78 Å². The van der Waals surface area contributed by atoms with Crippen molar-refractivity contribution in [3.8, 4) is 11.1 Å². The number of aryl methyl sites for hydroxylation is 2. The molecule has 0 amide bonds. The Bertz CT molecular complexity index is 690. The number of hydrogen-bond acceptors (Lipinski definition) is 2. The minimum atomic E-state index is 0.276. The van der Waals surface area contributed by atoms with Gasteiger partial charge >= 0.3 is 0 Å². The van der Waals surface area contributed by atoms with Crippen molar-refractivity contribution in [3.63, 3.8) is 0 Å². The van der Waals surface area contributed by atoms with Gasteiger partial charge in [0.05, 0.1) is 6.61 Å². The molecular weight excluding hydrogens is 260 g/mol. The van der Waals surface area contributed by atoms with Gasteiger partial charge in [0, 0.05) is 19.1 Å². The zero-order chi connectivity index (χ0) is 15.0. The van der Waals surface area contributed by atoms with Crippen molar-refractivity contribution in [1.29, 1.82) is 0 Å². The molecule has 2 aromatic rings. The van der Waals surface area contributed by atoms with E-state index in [1.54, 1.807) is 7.11 Å². The molecule has 0 unspecified atom stereocenters. The topological polar surface area (TPSA) is 26.3 Å². The molecule has 0 heterocycles. The van der Waals surface area contributed by atoms with Crippen molar-refractivity contribution in [3.05, 3.63) is 58.1 Å². The molecule has 0 spiro atoms. The Labute approximate surface area is 125 Å². The molecule has 21 heavy (non-hydrogen) atoms. The Kier molecular flexibility index (Phi) is 3.64. The molecule has 2 aromatic carbocycles. The van der Waals surface area contributed by atoms with Crippen LogP contribution in [-0.2, 0) is 17.8 Å². The van der Waals surface area contributed by atoms with E-state index in [4.69, 9.17) is 4.74 Å². The molecule has 1 aliphatic rings. The second kappa shape index (κ2) is 5.45. The number of carbonyl (C=O) groups is 1. The first-order chi connectivity index (χ1) is 10.1. The van der Waals surface area contributed by atoms with E-state index >= 15 is 0 Å². The average molecular weight is 280 g/mol. The van der Waals surface area contributed by atoms with Gasteiger partial charge < -0.3 is 4.74 Å². The highest BCUT2D eigenvalue weighted by molar-refractivity contribution is 6.02. The summed E-state index contributed by atoms with van der Waals surface area (Å²) in [5.74, 6) is 0.276. The third kappa shape index (κ3) is 2.40. The van der Waals surface area contributed by atoms with Crippen molar-refractivity contribution < 1.29 is 9.53 Å². The van der Waals surface area contributed by atoms with Crippen LogP contribution in [0, 0.1) is 13.8 Å². The van der Waals surface area contributed by atoms with Crippen LogP contribution in [0.1, 0.15) is 39.0 Å². The maximum Gasteiger partial charge on any atom is 0.163 e. The van der Waals surface area contributed by atoms with Crippen molar-refractivity contribution in [2.24, 2.45) is 0 Å². The standard InChI is InChI=1S/C19H20O2/c1-12-9-14(11-21-3)10-13(2)19(12)17-6-4-5-16-15(17)7-8-18(16)20/h4-6,9-10H,7-8,11H2,1-3H3. The van der Waals surface area contributed by atoms with Crippen LogP contribution in [0.25, 0.3) is 11.1 Å². The van der Waals surface area contributed by atoms with Crippen LogP contribution in [-0.4, -0.2) is 12.9 Å². The van der Waals surface area contributed by atoms with E-state index < -0.39 is 0 Å². The van der Waals surface area contributed by atoms with Gasteiger partial charge in [-0.1, -0.05) is 30.3 Å². The Morgan fingerprint density at radius 2 is 1.71 bits per heavy atom. The number of hydrogen-bond donors (Lipinski definition) is 0. The monoisotopic (exact) mass is 280 g/mol. The summed E-state index contributed by atoms with van der Waals surface area (Å²) in [6.07, 6.45) is 1.51. The SMILES string of the molecule is COCc1cc(C)c(-c2cccc3c2CCC3=O)c(C)c1. The van der Waals surface area contributed by atoms with Gasteiger partial charge in [0.1, 0.15) is 0 Å². The normalized spacial score (nSPS) is 13.6. The van der Waals surface area contributed by atoms with Crippen LogP contribution in [0.4, 0.5) is 0 Å². The largest absolute Gasteiger partial charge is 0.380 e. The summed E-state index contributed by atoms with van der Waals surface area (Å²) in [6.45, 7) is 4.91. The van der Waals surface area contributed by atoms with Crippen LogP contribution in [0.2, 0.25) is 0 Å². The summed E-state index contributed by atoms with van der Waals surface area (Å²) >= 11 is 0. The van der Waals surface area contributed by atoms with Crippen LogP contribution in [0.15, 0.2) is 30.3 Å². The molecule has 2 heteroatoms. The van der Waals surface area contributed by atoms with E-state index in [0.717, 1.165) is 12.0 Å². The fraction of sp³-hybridized carbons (Fsp3) is 0.316. The molecule has 0 aromatic heterocycles. The second-order valence-electron chi connectivity index (χ2n) is 5.79. The van der Waals surface area contributed by atoms with Crippen LogP contribution in [0.5, 0.6) is 0 Å². The summed E-state index contributed by atoms with van der Waals surface area (Å²) < 4.78 is 5.23. The van der Waals surface area contributed by atoms with Crippen molar-refractivity contribution >= 4 is 5.78 Å². The fourth-order valence-electron chi connectivity index (χ4n) is 3.45. The Morgan fingerprint density at radius 3 is 2.38 bits per heavy atom. The Hall–Kier alpha value is -1.93. The van der Waals surface area contributed by atoms with E-state index in [1.807, 2.05) is 12.1 Å². The molecule has 0 N–H and O–H groups in total. The summed E-state index contributed by atoms with van der Waals surface area (Å²) in [5.41, 5.74) is 8.30. The highest BCUT2D eigenvalue weighted by atomic mass is 16.5. The molecule has 1 aliphatic carbocycles. The molecule has 0 aliphatic heterocycles. The zero-order valence-corrected chi connectivity index (χ0v) is 12.8. The first kappa shape index (κ1) is 14.0. The van der Waals surface area contributed by atoms with Crippen LogP contribution >= 0.6 is 0 Å². The highest BCUT2D eigenvalue weighted by Crippen LogP contribution is 2.36. The summed E-state index contributed by atoms with van der Waals surface area (Å²) in [4.78, 5) is 11.9. The van der Waals surface area contributed by atoms with Gasteiger partial charge in [0.25, 0.3) is 0 Å². The van der Waals surface area contributed by atoms with Gasteiger partial charge in [0.2, 0.25) is 0 Å². The van der Waals surface area contributed by atoms with Crippen LogP contribution < -0.4 is 0 Å².